The maximum Gasteiger partial charge on any atom is 0.260 e. The van der Waals surface area contributed by atoms with E-state index in [9.17, 15) is 4.79 Å². The maximum absolute atomic E-state index is 13.5. The molecule has 0 saturated heterocycles. The van der Waals surface area contributed by atoms with Gasteiger partial charge in [-0.15, -0.1) is 12.4 Å². The fraction of sp³-hybridized carbons (Fsp3) is 0.250. The fourth-order valence-electron chi connectivity index (χ4n) is 3.54. The van der Waals surface area contributed by atoms with Gasteiger partial charge in [-0.1, -0.05) is 47.7 Å². The van der Waals surface area contributed by atoms with Crippen molar-refractivity contribution >= 4 is 55.8 Å². The molecule has 1 amide bonds. The van der Waals surface area contributed by atoms with Gasteiger partial charge in [-0.3, -0.25) is 9.69 Å². The minimum Gasteiger partial charge on any atom is -0.308 e. The lowest BCUT2D eigenvalue weighted by Crippen LogP contribution is -2.36. The molecular formula is C24H26ClN3OS. The Hall–Kier alpha value is -2.47. The zero-order valence-corrected chi connectivity index (χ0v) is 19.3. The Morgan fingerprint density at radius 1 is 0.967 bits per heavy atom. The van der Waals surface area contributed by atoms with Gasteiger partial charge in [0.15, 0.2) is 5.13 Å². The summed E-state index contributed by atoms with van der Waals surface area (Å²) in [6.45, 7) is 5.55. The normalized spacial score (nSPS) is 11.1. The number of thiazole rings is 1. The first-order valence-corrected chi connectivity index (χ1v) is 10.6. The van der Waals surface area contributed by atoms with Crippen LogP contribution in [0.15, 0.2) is 54.6 Å². The van der Waals surface area contributed by atoms with Crippen molar-refractivity contribution in [1.82, 2.24) is 9.88 Å². The van der Waals surface area contributed by atoms with Gasteiger partial charge < -0.3 is 4.90 Å². The third kappa shape index (κ3) is 4.48. The van der Waals surface area contributed by atoms with Crippen LogP contribution in [0.5, 0.6) is 0 Å². The molecule has 4 aromatic rings. The van der Waals surface area contributed by atoms with Crippen LogP contribution < -0.4 is 4.90 Å². The SMILES string of the molecule is Cc1cc(C)c2sc(N(CCN(C)C)C(=O)c3ccc4ccccc4c3)nc2c1.Cl. The number of hydrogen-bond donors (Lipinski definition) is 0. The van der Waals surface area contributed by atoms with Crippen molar-refractivity contribution in [2.75, 3.05) is 32.1 Å². The van der Waals surface area contributed by atoms with Gasteiger partial charge in [0.1, 0.15) is 0 Å². The Bertz CT molecular complexity index is 1200. The summed E-state index contributed by atoms with van der Waals surface area (Å²) in [5.41, 5.74) is 4.04. The zero-order chi connectivity index (χ0) is 20.5. The molecule has 0 fully saturated rings. The second-order valence-electron chi connectivity index (χ2n) is 7.75. The molecule has 0 aliphatic rings. The number of anilines is 1. The highest BCUT2D eigenvalue weighted by Crippen LogP contribution is 2.33. The van der Waals surface area contributed by atoms with Crippen LogP contribution in [-0.2, 0) is 0 Å². The first kappa shape index (κ1) is 22.2. The van der Waals surface area contributed by atoms with E-state index in [-0.39, 0.29) is 18.3 Å². The molecule has 0 aliphatic carbocycles. The molecule has 30 heavy (non-hydrogen) atoms. The molecule has 0 spiro atoms. The van der Waals surface area contributed by atoms with Crippen LogP contribution in [0.1, 0.15) is 21.5 Å². The highest BCUT2D eigenvalue weighted by atomic mass is 35.5. The molecule has 0 atom stereocenters. The van der Waals surface area contributed by atoms with Gasteiger partial charge in [0, 0.05) is 18.7 Å². The first-order valence-electron chi connectivity index (χ1n) is 9.75. The Morgan fingerprint density at radius 2 is 1.70 bits per heavy atom. The van der Waals surface area contributed by atoms with Crippen molar-refractivity contribution in [3.05, 3.63) is 71.3 Å². The maximum atomic E-state index is 13.5. The van der Waals surface area contributed by atoms with Gasteiger partial charge in [-0.05, 0) is 68.0 Å². The molecule has 1 aromatic heterocycles. The second kappa shape index (κ2) is 9.13. The number of carbonyl (C=O) groups is 1. The topological polar surface area (TPSA) is 36.4 Å². The second-order valence-corrected chi connectivity index (χ2v) is 8.73. The van der Waals surface area contributed by atoms with E-state index in [0.29, 0.717) is 12.1 Å². The number of carbonyl (C=O) groups excluding carboxylic acids is 1. The molecule has 0 unspecified atom stereocenters. The van der Waals surface area contributed by atoms with Crippen molar-refractivity contribution in [2.24, 2.45) is 0 Å². The van der Waals surface area contributed by atoms with Crippen LogP contribution in [0.4, 0.5) is 5.13 Å². The summed E-state index contributed by atoms with van der Waals surface area (Å²) >= 11 is 1.59. The predicted octanol–water partition coefficient (Wildman–Crippen LogP) is 5.70. The Morgan fingerprint density at radius 3 is 2.43 bits per heavy atom. The van der Waals surface area contributed by atoms with E-state index in [0.717, 1.165) is 32.7 Å². The zero-order valence-electron chi connectivity index (χ0n) is 17.7. The minimum atomic E-state index is -0.00830. The molecule has 0 aliphatic heterocycles. The van der Waals surface area contributed by atoms with Crippen molar-refractivity contribution in [3.63, 3.8) is 0 Å². The van der Waals surface area contributed by atoms with Crippen molar-refractivity contribution in [2.45, 2.75) is 13.8 Å². The first-order chi connectivity index (χ1) is 13.9. The third-order valence-electron chi connectivity index (χ3n) is 5.05. The number of halogens is 1. The Kier molecular flexibility index (Phi) is 6.76. The molecule has 3 aromatic carbocycles. The van der Waals surface area contributed by atoms with E-state index in [1.54, 1.807) is 11.3 Å². The average molecular weight is 440 g/mol. The smallest absolute Gasteiger partial charge is 0.260 e. The highest BCUT2D eigenvalue weighted by Gasteiger charge is 2.22. The van der Waals surface area contributed by atoms with E-state index in [2.05, 4.69) is 36.9 Å². The van der Waals surface area contributed by atoms with Gasteiger partial charge >= 0.3 is 0 Å². The number of likely N-dealkylation sites (N-methyl/N-ethyl adjacent to an activating group) is 1. The van der Waals surface area contributed by atoms with Crippen LogP contribution in [-0.4, -0.2) is 43.0 Å². The average Bonchev–Trinajstić information content (AvgIpc) is 3.11. The van der Waals surface area contributed by atoms with Crippen LogP contribution in [0.2, 0.25) is 0 Å². The number of hydrogen-bond acceptors (Lipinski definition) is 4. The largest absolute Gasteiger partial charge is 0.308 e. The number of aromatic nitrogens is 1. The molecule has 0 saturated carbocycles. The van der Waals surface area contributed by atoms with Gasteiger partial charge in [0.05, 0.1) is 10.2 Å². The van der Waals surface area contributed by atoms with Gasteiger partial charge in [0.2, 0.25) is 0 Å². The summed E-state index contributed by atoms with van der Waals surface area (Å²) in [6, 6.07) is 18.3. The van der Waals surface area contributed by atoms with Crippen molar-refractivity contribution in [1.29, 1.82) is 0 Å². The number of benzene rings is 3. The van der Waals surface area contributed by atoms with E-state index in [1.807, 2.05) is 55.4 Å². The van der Waals surface area contributed by atoms with Crippen LogP contribution in [0, 0.1) is 13.8 Å². The van der Waals surface area contributed by atoms with Crippen LogP contribution in [0.3, 0.4) is 0 Å². The summed E-state index contributed by atoms with van der Waals surface area (Å²) < 4.78 is 1.15. The van der Waals surface area contributed by atoms with Crippen molar-refractivity contribution < 1.29 is 4.79 Å². The van der Waals surface area contributed by atoms with Crippen LogP contribution in [0.25, 0.3) is 21.0 Å². The van der Waals surface area contributed by atoms with E-state index in [4.69, 9.17) is 4.98 Å². The quantitative estimate of drug-likeness (QED) is 0.400. The summed E-state index contributed by atoms with van der Waals surface area (Å²) in [4.78, 5) is 22.2. The van der Waals surface area contributed by atoms with Gasteiger partial charge in [0.25, 0.3) is 5.91 Å². The number of amides is 1. The molecule has 4 rings (SSSR count). The van der Waals surface area contributed by atoms with Crippen LogP contribution >= 0.6 is 23.7 Å². The van der Waals surface area contributed by atoms with E-state index < -0.39 is 0 Å². The number of nitrogens with zero attached hydrogens (tertiary/aromatic N) is 3. The Labute approximate surface area is 187 Å². The lowest BCUT2D eigenvalue weighted by atomic mass is 10.1. The molecule has 0 N–H and O–H groups in total. The number of rotatable bonds is 5. The van der Waals surface area contributed by atoms with E-state index in [1.165, 1.54) is 11.1 Å². The van der Waals surface area contributed by atoms with E-state index >= 15 is 0 Å². The third-order valence-corrected chi connectivity index (χ3v) is 6.28. The molecule has 4 nitrogen and oxygen atoms in total. The molecule has 156 valence electrons. The summed E-state index contributed by atoms with van der Waals surface area (Å²) in [7, 11) is 4.04. The number of aryl methyl sites for hydroxylation is 2. The summed E-state index contributed by atoms with van der Waals surface area (Å²) in [5, 5.41) is 2.96. The molecule has 0 bridgehead atoms. The fourth-order valence-corrected chi connectivity index (χ4v) is 4.58. The highest BCUT2D eigenvalue weighted by molar-refractivity contribution is 7.22. The molecule has 6 heteroatoms. The molecular weight excluding hydrogens is 414 g/mol. The Balaban J connectivity index is 0.00000256. The lowest BCUT2D eigenvalue weighted by Gasteiger charge is -2.22. The monoisotopic (exact) mass is 439 g/mol. The standard InChI is InChI=1S/C24H25N3OS.ClH/c1-16-13-17(2)22-21(14-16)25-24(29-22)27(12-11-26(3)4)23(28)20-10-9-18-7-5-6-8-19(18)15-20;/h5-10,13-15H,11-12H2,1-4H3;1H. The van der Waals surface area contributed by atoms with Gasteiger partial charge in [-0.25, -0.2) is 4.98 Å². The number of fused-ring (bicyclic) bond motifs is 2. The summed E-state index contributed by atoms with van der Waals surface area (Å²) in [5.74, 6) is -0.00830. The predicted molar refractivity (Wildman–Crippen MR) is 131 cm³/mol. The van der Waals surface area contributed by atoms with Gasteiger partial charge in [-0.2, -0.15) is 0 Å². The summed E-state index contributed by atoms with van der Waals surface area (Å²) in [6.07, 6.45) is 0. The molecule has 0 radical (unpaired) electrons. The molecule has 1 heterocycles. The minimum absolute atomic E-state index is 0. The van der Waals surface area contributed by atoms with Crippen molar-refractivity contribution in [3.8, 4) is 0 Å². The lowest BCUT2D eigenvalue weighted by molar-refractivity contribution is 0.0985.